The Morgan fingerprint density at radius 3 is 2.80 bits per heavy atom. The predicted octanol–water partition coefficient (Wildman–Crippen LogP) is 3.82. The first kappa shape index (κ1) is 23.0. The van der Waals surface area contributed by atoms with Crippen molar-refractivity contribution in [1.29, 1.82) is 0 Å². The van der Waals surface area contributed by atoms with E-state index in [2.05, 4.69) is 48.1 Å². The number of carbonyl (C=O) groups is 1. The average molecular weight is 471 g/mol. The van der Waals surface area contributed by atoms with Crippen LogP contribution >= 0.6 is 0 Å². The van der Waals surface area contributed by atoms with Crippen LogP contribution in [0.5, 0.6) is 0 Å². The summed E-state index contributed by atoms with van der Waals surface area (Å²) in [6.07, 6.45) is 5.65. The lowest BCUT2D eigenvalue weighted by molar-refractivity contribution is -0.127. The monoisotopic (exact) mass is 470 g/mol. The Morgan fingerprint density at radius 1 is 1.11 bits per heavy atom. The highest BCUT2D eigenvalue weighted by Gasteiger charge is 2.26. The van der Waals surface area contributed by atoms with E-state index < -0.39 is 0 Å². The molecule has 180 valence electrons. The Balaban J connectivity index is 1.13. The number of hydrogen-bond acceptors (Lipinski definition) is 6. The first-order valence-electron chi connectivity index (χ1n) is 12.1. The van der Waals surface area contributed by atoms with Gasteiger partial charge in [0.15, 0.2) is 0 Å². The quantitative estimate of drug-likeness (QED) is 0.421. The molecule has 1 unspecified atom stereocenters. The van der Waals surface area contributed by atoms with Crippen LogP contribution in [0.25, 0.3) is 11.4 Å². The van der Waals surface area contributed by atoms with Gasteiger partial charge in [0.2, 0.25) is 17.6 Å². The van der Waals surface area contributed by atoms with Crippen molar-refractivity contribution in [1.82, 2.24) is 29.9 Å². The lowest BCUT2D eigenvalue weighted by Gasteiger charge is -2.30. The van der Waals surface area contributed by atoms with Crippen molar-refractivity contribution in [3.8, 4) is 11.4 Å². The zero-order valence-corrected chi connectivity index (χ0v) is 19.9. The first-order chi connectivity index (χ1) is 17.1. The van der Waals surface area contributed by atoms with Gasteiger partial charge >= 0.3 is 0 Å². The van der Waals surface area contributed by atoms with Gasteiger partial charge in [-0.2, -0.15) is 4.98 Å². The minimum atomic E-state index is -0.0444. The Kier molecular flexibility index (Phi) is 6.99. The Morgan fingerprint density at radius 2 is 1.97 bits per heavy atom. The largest absolute Gasteiger partial charge is 0.352 e. The van der Waals surface area contributed by atoms with Crippen molar-refractivity contribution < 1.29 is 9.32 Å². The summed E-state index contributed by atoms with van der Waals surface area (Å²) in [6, 6.07) is 18.1. The van der Waals surface area contributed by atoms with Crippen LogP contribution in [0.2, 0.25) is 0 Å². The van der Waals surface area contributed by atoms with E-state index in [4.69, 9.17) is 4.52 Å². The second-order valence-electron chi connectivity index (χ2n) is 9.09. The molecule has 1 amide bonds. The molecule has 0 aliphatic carbocycles. The van der Waals surface area contributed by atoms with Crippen LogP contribution in [0.1, 0.15) is 35.7 Å². The molecule has 1 N–H and O–H groups in total. The molecule has 0 bridgehead atoms. The molecule has 1 saturated heterocycles. The molecule has 8 nitrogen and oxygen atoms in total. The van der Waals surface area contributed by atoms with E-state index in [-0.39, 0.29) is 11.8 Å². The normalized spacial score (nSPS) is 16.3. The Labute approximate surface area is 205 Å². The minimum absolute atomic E-state index is 0.0444. The molecule has 0 radical (unpaired) electrons. The van der Waals surface area contributed by atoms with Gasteiger partial charge in [-0.15, -0.1) is 0 Å². The zero-order valence-electron chi connectivity index (χ0n) is 19.9. The van der Waals surface area contributed by atoms with E-state index in [1.807, 2.05) is 55.7 Å². The number of benzene rings is 2. The number of imidazole rings is 1. The molecule has 8 heteroatoms. The van der Waals surface area contributed by atoms with E-state index in [1.54, 1.807) is 0 Å². The van der Waals surface area contributed by atoms with Crippen molar-refractivity contribution in [2.24, 2.45) is 5.92 Å². The number of nitrogens with one attached hydrogen (secondary N) is 1. The fourth-order valence-corrected chi connectivity index (χ4v) is 4.57. The fourth-order valence-electron chi connectivity index (χ4n) is 4.57. The summed E-state index contributed by atoms with van der Waals surface area (Å²) in [4.78, 5) is 24.0. The van der Waals surface area contributed by atoms with Crippen LogP contribution < -0.4 is 5.32 Å². The maximum atomic E-state index is 12.9. The highest BCUT2D eigenvalue weighted by atomic mass is 16.5. The smallest absolute Gasteiger partial charge is 0.241 e. The van der Waals surface area contributed by atoms with Gasteiger partial charge in [0.05, 0.1) is 12.5 Å². The lowest BCUT2D eigenvalue weighted by Crippen LogP contribution is -2.42. The summed E-state index contributed by atoms with van der Waals surface area (Å²) in [5, 5.41) is 7.25. The molecule has 3 heterocycles. The number of rotatable bonds is 8. The standard InChI is InChI=1S/C27H30N6O2/c1-20-28-12-14-33(20)17-22-8-5-7-21(15-22)16-29-27(34)24-11-6-13-32(18-24)19-25-30-26(31-35-25)23-9-3-2-4-10-23/h2-5,7-10,12,14-15,24H,6,11,13,16-19H2,1H3,(H,29,34). The lowest BCUT2D eigenvalue weighted by atomic mass is 9.97. The third-order valence-corrected chi connectivity index (χ3v) is 6.47. The molecular formula is C27H30N6O2. The molecule has 1 aliphatic rings. The molecular weight excluding hydrogens is 440 g/mol. The first-order valence-corrected chi connectivity index (χ1v) is 12.1. The highest BCUT2D eigenvalue weighted by Crippen LogP contribution is 2.20. The van der Waals surface area contributed by atoms with Crippen LogP contribution in [-0.4, -0.2) is 43.6 Å². The van der Waals surface area contributed by atoms with Gasteiger partial charge < -0.3 is 14.4 Å². The van der Waals surface area contributed by atoms with Crippen LogP contribution in [0, 0.1) is 12.8 Å². The molecule has 5 rings (SSSR count). The van der Waals surface area contributed by atoms with E-state index in [9.17, 15) is 4.79 Å². The summed E-state index contributed by atoms with van der Waals surface area (Å²) in [5.74, 6) is 2.22. The summed E-state index contributed by atoms with van der Waals surface area (Å²) in [5.41, 5.74) is 3.22. The summed E-state index contributed by atoms with van der Waals surface area (Å²) >= 11 is 0. The van der Waals surface area contributed by atoms with E-state index in [0.29, 0.717) is 31.3 Å². The second-order valence-corrected chi connectivity index (χ2v) is 9.09. The Hall–Kier alpha value is -3.78. The Bertz CT molecular complexity index is 1270. The number of hydrogen-bond donors (Lipinski definition) is 1. The number of piperidine rings is 1. The number of aromatic nitrogens is 4. The zero-order chi connectivity index (χ0) is 24.0. The third kappa shape index (κ3) is 5.84. The number of amides is 1. The van der Waals surface area contributed by atoms with Gasteiger partial charge in [-0.1, -0.05) is 59.8 Å². The molecule has 0 saturated carbocycles. The molecule has 35 heavy (non-hydrogen) atoms. The molecule has 2 aromatic heterocycles. The van der Waals surface area contributed by atoms with E-state index in [0.717, 1.165) is 42.9 Å². The van der Waals surface area contributed by atoms with Crippen molar-refractivity contribution in [2.45, 2.75) is 39.4 Å². The predicted molar refractivity (Wildman–Crippen MR) is 132 cm³/mol. The van der Waals surface area contributed by atoms with E-state index in [1.165, 1.54) is 5.56 Å². The molecule has 2 aromatic carbocycles. The molecule has 4 aromatic rings. The molecule has 1 atom stereocenters. The highest BCUT2D eigenvalue weighted by molar-refractivity contribution is 5.79. The maximum Gasteiger partial charge on any atom is 0.241 e. The summed E-state index contributed by atoms with van der Waals surface area (Å²) < 4.78 is 7.58. The summed E-state index contributed by atoms with van der Waals surface area (Å²) in [7, 11) is 0. The van der Waals surface area contributed by atoms with Crippen LogP contribution in [0.15, 0.2) is 71.5 Å². The molecule has 0 spiro atoms. The maximum absolute atomic E-state index is 12.9. The van der Waals surface area contributed by atoms with Crippen molar-refractivity contribution in [3.63, 3.8) is 0 Å². The van der Waals surface area contributed by atoms with Crippen LogP contribution in [0.3, 0.4) is 0 Å². The minimum Gasteiger partial charge on any atom is -0.352 e. The fraction of sp³-hybridized carbons (Fsp3) is 0.333. The number of likely N-dealkylation sites (tertiary alicyclic amines) is 1. The number of aryl methyl sites for hydroxylation is 1. The number of nitrogens with zero attached hydrogens (tertiary/aromatic N) is 5. The van der Waals surface area contributed by atoms with Gasteiger partial charge in [-0.3, -0.25) is 9.69 Å². The van der Waals surface area contributed by atoms with Crippen molar-refractivity contribution in [3.05, 3.63) is 89.8 Å². The number of carbonyl (C=O) groups excluding carboxylic acids is 1. The van der Waals surface area contributed by atoms with Crippen LogP contribution in [0.4, 0.5) is 0 Å². The third-order valence-electron chi connectivity index (χ3n) is 6.47. The van der Waals surface area contributed by atoms with Gasteiger partial charge in [0.1, 0.15) is 5.82 Å². The van der Waals surface area contributed by atoms with Gasteiger partial charge in [0.25, 0.3) is 0 Å². The second kappa shape index (κ2) is 10.7. The molecule has 1 fully saturated rings. The van der Waals surface area contributed by atoms with E-state index >= 15 is 0 Å². The van der Waals surface area contributed by atoms with Gasteiger partial charge in [-0.25, -0.2) is 4.98 Å². The van der Waals surface area contributed by atoms with Crippen LogP contribution in [-0.2, 0) is 24.4 Å². The topological polar surface area (TPSA) is 89.1 Å². The van der Waals surface area contributed by atoms with Gasteiger partial charge in [-0.05, 0) is 37.4 Å². The van der Waals surface area contributed by atoms with Gasteiger partial charge in [0, 0.05) is 37.6 Å². The molecule has 1 aliphatic heterocycles. The summed E-state index contributed by atoms with van der Waals surface area (Å²) in [6.45, 7) is 5.46. The SMILES string of the molecule is Cc1nccn1Cc1cccc(CNC(=O)C2CCCN(Cc3nc(-c4ccccc4)no3)C2)c1. The average Bonchev–Trinajstić information content (AvgIpc) is 3.52. The van der Waals surface area contributed by atoms with Crippen molar-refractivity contribution >= 4 is 5.91 Å². The van der Waals surface area contributed by atoms with Crippen molar-refractivity contribution in [2.75, 3.05) is 13.1 Å².